The maximum absolute atomic E-state index is 9.24. The van der Waals surface area contributed by atoms with E-state index in [9.17, 15) is 5.11 Å². The number of nitrogens with one attached hydrogen (secondary N) is 8. The van der Waals surface area contributed by atoms with Crippen LogP contribution in [-0.2, 0) is 18.9 Å². The van der Waals surface area contributed by atoms with Gasteiger partial charge in [-0.25, -0.2) is 0 Å². The van der Waals surface area contributed by atoms with Gasteiger partial charge in [0.15, 0.2) is 0 Å². The quantitative estimate of drug-likeness (QED) is 0.0266. The van der Waals surface area contributed by atoms with Gasteiger partial charge in [-0.2, -0.15) is 0 Å². The molecule has 0 aromatic rings. The second kappa shape index (κ2) is 90.0. The maximum Gasteiger partial charge on any atom is 0.0704 e. The molecule has 13 nitrogen and oxygen atoms in total. The Hall–Kier alpha value is -0.520. The van der Waals surface area contributed by atoms with Crippen molar-refractivity contribution < 1.29 is 24.1 Å². The fourth-order valence-electron chi connectivity index (χ4n) is 31.3. The Morgan fingerprint density at radius 1 is 0.154 bits per heavy atom. The number of fused-ring (bicyclic) bond motifs is 20. The van der Waals surface area contributed by atoms with Gasteiger partial charge in [0, 0.05) is 0 Å². The van der Waals surface area contributed by atoms with E-state index in [-0.39, 0.29) is 62.0 Å². The van der Waals surface area contributed by atoms with Crippen LogP contribution in [-0.4, -0.2) is 113 Å². The Balaban J connectivity index is 0.996. The third-order valence-electron chi connectivity index (χ3n) is 40.4. The summed E-state index contributed by atoms with van der Waals surface area (Å²) in [7, 11) is 0. The molecule has 9 rings (SSSR count). The Bertz CT molecular complexity index is 2880. The molecular formula is C136H264N8O5. The predicted octanol–water partition coefficient (Wildman–Crippen LogP) is 38.2. The average molecular weight is 2090 g/mol. The number of unbranched alkanes of at least 4 members (excludes halogenated alkanes) is 78. The predicted molar refractivity (Wildman–Crippen MR) is 645 cm³/mol. The first-order chi connectivity index (χ1) is 73.9. The molecule has 4 aliphatic carbocycles. The average Bonchev–Trinajstić information content (AvgIpc) is 1.59. The fraction of sp³-hybridized carbons (Fsp3) is 1.00. The first-order valence-corrected chi connectivity index (χ1v) is 69.9. The summed E-state index contributed by atoms with van der Waals surface area (Å²) in [6.07, 6.45) is 144. The van der Waals surface area contributed by atoms with E-state index in [0.717, 1.165) is 48.3 Å². The van der Waals surface area contributed by atoms with Crippen LogP contribution in [0.2, 0.25) is 0 Å². The van der Waals surface area contributed by atoms with Crippen molar-refractivity contribution in [1.82, 2.24) is 42.5 Å². The van der Waals surface area contributed by atoms with Crippen LogP contribution in [0.15, 0.2) is 0 Å². The Morgan fingerprint density at radius 3 is 0.463 bits per heavy atom. The van der Waals surface area contributed by atoms with E-state index in [1.807, 2.05) is 0 Å². The van der Waals surface area contributed by atoms with Gasteiger partial charge in [0.05, 0.1) is 108 Å². The number of hydrogen-bond acceptors (Lipinski definition) is 13. The third kappa shape index (κ3) is 57.3. The van der Waals surface area contributed by atoms with E-state index in [1.54, 1.807) is 0 Å². The molecule has 0 radical (unpaired) electrons. The first-order valence-electron chi connectivity index (χ1n) is 69.9. The minimum absolute atomic E-state index is 0.0454. The monoisotopic (exact) mass is 2090 g/mol. The summed E-state index contributed by atoms with van der Waals surface area (Å²) in [5.74, 6) is 9.46. The molecule has 4 saturated carbocycles. The molecule has 9 N–H and O–H groups in total. The van der Waals surface area contributed by atoms with E-state index >= 15 is 0 Å². The van der Waals surface area contributed by atoms with Crippen molar-refractivity contribution >= 4 is 0 Å². The highest BCUT2D eigenvalue weighted by Gasteiger charge is 2.58. The van der Waals surface area contributed by atoms with Crippen LogP contribution in [0.3, 0.4) is 0 Å². The second-order valence-electron chi connectivity index (χ2n) is 52.6. The van der Waals surface area contributed by atoms with E-state index in [2.05, 4.69) is 46.9 Å². The van der Waals surface area contributed by atoms with Crippen LogP contribution in [0.1, 0.15) is 677 Å². The van der Waals surface area contributed by atoms with Crippen LogP contribution in [0.5, 0.6) is 0 Å². The molecule has 23 unspecified atom stereocenters. The van der Waals surface area contributed by atoms with Crippen LogP contribution >= 0.6 is 0 Å². The molecule has 149 heavy (non-hydrogen) atoms. The molecular weight excluding hydrogens is 1830 g/mol. The van der Waals surface area contributed by atoms with Gasteiger partial charge in [0.2, 0.25) is 0 Å². The fourth-order valence-corrected chi connectivity index (χ4v) is 31.3. The number of ether oxygens (including phenoxy) is 4. The molecule has 9 fully saturated rings. The zero-order chi connectivity index (χ0) is 104. The summed E-state index contributed by atoms with van der Waals surface area (Å²) in [4.78, 5) is 0. The molecule has 0 spiro atoms. The molecule has 9 aliphatic rings. The molecule has 0 aromatic heterocycles. The summed E-state index contributed by atoms with van der Waals surface area (Å²) < 4.78 is 24.7. The molecule has 5 saturated heterocycles. The van der Waals surface area contributed by atoms with Gasteiger partial charge in [-0.15, -0.1) is 0 Å². The molecule has 0 amide bonds. The van der Waals surface area contributed by atoms with Crippen LogP contribution in [0, 0.1) is 82.9 Å². The lowest BCUT2D eigenvalue weighted by molar-refractivity contribution is -0.0418. The van der Waals surface area contributed by atoms with Gasteiger partial charge in [-0.1, -0.05) is 619 Å². The van der Waals surface area contributed by atoms with Gasteiger partial charge in [-0.3, -0.25) is 42.5 Å². The largest absolute Gasteiger partial charge is 0.394 e. The topological polar surface area (TPSA) is 153 Å². The smallest absolute Gasteiger partial charge is 0.0704 e. The van der Waals surface area contributed by atoms with Gasteiger partial charge >= 0.3 is 0 Å². The maximum atomic E-state index is 9.24. The van der Waals surface area contributed by atoms with Crippen molar-refractivity contribution in [2.45, 2.75) is 733 Å². The van der Waals surface area contributed by atoms with Crippen LogP contribution < -0.4 is 42.5 Å². The molecule has 23 atom stereocenters. The standard InChI is InChI=1S/C136H264N8O5/c1-7-13-19-25-31-37-43-49-55-61-67-73-79-85-91-114-107-122-123(108-115(114)92-86-80-74-68-62-56-50-44-38-32-26-20-14-8-2)131-139-130(122)137-129-121-98-97-120(149-106-105-148-104-103-147-102-101-146-100-99-145)113-128(121)136(138-129)144-135-127-112-119(96-90-84-78-72-66-60-54-48-42-36-30-24-18-12-6)118(95-89-83-77-71-65-59-53-47-41-35-29-23-17-11-5)111-126(127)134(143-135)142-133-125-110-117(94-88-82-76-70-64-58-52-46-40-34-28-22-16-10-4)116(109-124(125)132(140-131)141-133)93-87-81-75-69-63-57-51-45-39-33-27-21-15-9-3/h114-145H,7-113H2,1-6H3. The minimum atomic E-state index is 0.0454. The third-order valence-corrected chi connectivity index (χ3v) is 40.4. The lowest BCUT2D eigenvalue weighted by Gasteiger charge is -2.44. The summed E-state index contributed by atoms with van der Waals surface area (Å²) in [5.41, 5.74) is 0. The van der Waals surface area contributed by atoms with Crippen molar-refractivity contribution in [3.63, 3.8) is 0 Å². The summed E-state index contributed by atoms with van der Waals surface area (Å²) in [6.45, 7) is 17.9. The highest BCUT2D eigenvalue weighted by atomic mass is 16.6. The lowest BCUT2D eigenvalue weighted by Crippen LogP contribution is -2.61. The van der Waals surface area contributed by atoms with Crippen molar-refractivity contribution in [2.75, 3.05) is 52.9 Å². The van der Waals surface area contributed by atoms with Crippen molar-refractivity contribution in [3.8, 4) is 0 Å². The van der Waals surface area contributed by atoms with E-state index in [4.69, 9.17) is 56.2 Å². The minimum Gasteiger partial charge on any atom is -0.394 e. The van der Waals surface area contributed by atoms with E-state index in [0.29, 0.717) is 93.6 Å². The zero-order valence-corrected chi connectivity index (χ0v) is 101. The van der Waals surface area contributed by atoms with Crippen molar-refractivity contribution in [2.24, 2.45) is 82.9 Å². The number of hydrogen-bond donors (Lipinski definition) is 9. The Kier molecular flexibility index (Phi) is 79.7. The molecule has 878 valence electrons. The van der Waals surface area contributed by atoms with Gasteiger partial charge in [0.1, 0.15) is 0 Å². The zero-order valence-electron chi connectivity index (χ0n) is 101. The molecule has 8 bridgehead atoms. The SMILES string of the molecule is CCCCCCCCCCCCCCCCC1CC2C3NC4NC(NC5NC(NC6NC(NC(N3)C2CC1CCCCCCCCCCCCCCCC)C1CC(CCCCCCCCCCCCCCCC)C(CCCCCCCCCCCCCCCC)CC61)C1CC(CCCCCCCCCCCCCCCC)C(CCCCCCCCCCCCCCCC)CC51)C1CC(OCCOCCOCCOCCO)CCC41. The molecule has 5 aliphatic heterocycles. The van der Waals surface area contributed by atoms with Gasteiger partial charge in [0.25, 0.3) is 0 Å². The van der Waals surface area contributed by atoms with Crippen molar-refractivity contribution in [3.05, 3.63) is 0 Å². The summed E-state index contributed by atoms with van der Waals surface area (Å²) in [5, 5.41) is 47.6. The lowest BCUT2D eigenvalue weighted by atomic mass is 9.64. The molecule has 13 heteroatoms. The summed E-state index contributed by atoms with van der Waals surface area (Å²) >= 11 is 0. The van der Waals surface area contributed by atoms with Gasteiger partial charge < -0.3 is 24.1 Å². The highest BCUT2D eigenvalue weighted by Crippen LogP contribution is 2.54. The Morgan fingerprint density at radius 2 is 0.295 bits per heavy atom. The van der Waals surface area contributed by atoms with Crippen molar-refractivity contribution in [1.29, 1.82) is 0 Å². The Labute approximate surface area is 929 Å². The normalized spacial score (nSPS) is 27.8. The molecule has 5 heterocycles. The molecule has 0 aromatic carbocycles. The first kappa shape index (κ1) is 132. The van der Waals surface area contributed by atoms with E-state index < -0.39 is 0 Å². The highest BCUT2D eigenvalue weighted by molar-refractivity contribution is 5.11. The number of aliphatic hydroxyl groups is 1. The van der Waals surface area contributed by atoms with E-state index in [1.165, 1.54) is 623 Å². The van der Waals surface area contributed by atoms with Gasteiger partial charge in [-0.05, 0) is 141 Å². The summed E-state index contributed by atoms with van der Waals surface area (Å²) in [6, 6.07) is 0. The number of rotatable bonds is 102. The second-order valence-corrected chi connectivity index (χ2v) is 52.6. The van der Waals surface area contributed by atoms with Crippen LogP contribution in [0.25, 0.3) is 0 Å². The number of aliphatic hydroxyl groups excluding tert-OH is 1. The van der Waals surface area contributed by atoms with Crippen LogP contribution in [0.4, 0.5) is 0 Å².